The maximum Gasteiger partial charge on any atom is 0.354 e. The predicted octanol–water partition coefficient (Wildman–Crippen LogP) is 0.783. The number of thioether (sulfide) groups is 1. The van der Waals surface area contributed by atoms with E-state index in [0.717, 1.165) is 0 Å². The number of rotatable bonds is 4. The average molecular weight is 265 g/mol. The standard InChI is InChI=1S/C10H11N5O2S/c1-15-9(11)13-14-10(15)18-5-6-3-2-4-7(12-6)8(16)17/h2-4H,5H2,1H3,(H2,11,13)(H,16,17). The highest BCUT2D eigenvalue weighted by Gasteiger charge is 2.09. The number of nitrogen functional groups attached to an aromatic ring is 1. The van der Waals surface area contributed by atoms with E-state index in [2.05, 4.69) is 15.2 Å². The van der Waals surface area contributed by atoms with Gasteiger partial charge in [-0.3, -0.25) is 4.57 Å². The van der Waals surface area contributed by atoms with Crippen molar-refractivity contribution in [3.8, 4) is 0 Å². The largest absolute Gasteiger partial charge is 0.477 e. The normalized spacial score (nSPS) is 10.5. The minimum Gasteiger partial charge on any atom is -0.477 e. The zero-order valence-corrected chi connectivity index (χ0v) is 10.4. The van der Waals surface area contributed by atoms with Crippen molar-refractivity contribution in [2.75, 3.05) is 5.73 Å². The highest BCUT2D eigenvalue weighted by atomic mass is 32.2. The lowest BCUT2D eigenvalue weighted by molar-refractivity contribution is 0.0690. The fourth-order valence-corrected chi connectivity index (χ4v) is 2.09. The zero-order chi connectivity index (χ0) is 13.1. The summed E-state index contributed by atoms with van der Waals surface area (Å²) < 4.78 is 1.66. The van der Waals surface area contributed by atoms with Crippen molar-refractivity contribution in [1.82, 2.24) is 19.7 Å². The van der Waals surface area contributed by atoms with Gasteiger partial charge in [-0.25, -0.2) is 9.78 Å². The van der Waals surface area contributed by atoms with Crippen molar-refractivity contribution in [3.63, 3.8) is 0 Å². The smallest absolute Gasteiger partial charge is 0.354 e. The molecule has 2 aromatic rings. The molecule has 0 aliphatic rings. The molecule has 94 valence electrons. The molecule has 7 nitrogen and oxygen atoms in total. The van der Waals surface area contributed by atoms with Gasteiger partial charge >= 0.3 is 5.97 Å². The summed E-state index contributed by atoms with van der Waals surface area (Å²) in [5.41, 5.74) is 6.26. The summed E-state index contributed by atoms with van der Waals surface area (Å²) in [5, 5.41) is 17.1. The molecule has 0 unspecified atom stereocenters. The second kappa shape index (κ2) is 5.05. The first-order valence-electron chi connectivity index (χ1n) is 5.05. The van der Waals surface area contributed by atoms with Crippen LogP contribution >= 0.6 is 11.8 Å². The van der Waals surface area contributed by atoms with Crippen LogP contribution in [0.5, 0.6) is 0 Å². The van der Waals surface area contributed by atoms with E-state index in [1.807, 2.05) is 0 Å². The number of carboxylic acid groups (broad SMARTS) is 1. The van der Waals surface area contributed by atoms with Crippen LogP contribution in [0, 0.1) is 0 Å². The van der Waals surface area contributed by atoms with Gasteiger partial charge in [0.15, 0.2) is 5.16 Å². The van der Waals surface area contributed by atoms with E-state index in [4.69, 9.17) is 10.8 Å². The number of nitrogens with zero attached hydrogens (tertiary/aromatic N) is 4. The molecular weight excluding hydrogens is 254 g/mol. The zero-order valence-electron chi connectivity index (χ0n) is 9.57. The summed E-state index contributed by atoms with van der Waals surface area (Å²) in [7, 11) is 1.76. The summed E-state index contributed by atoms with van der Waals surface area (Å²) in [6.45, 7) is 0. The summed E-state index contributed by atoms with van der Waals surface area (Å²) in [5.74, 6) is -0.193. The van der Waals surface area contributed by atoms with Gasteiger partial charge in [0.25, 0.3) is 0 Å². The Morgan fingerprint density at radius 3 is 2.89 bits per heavy atom. The second-order valence-electron chi connectivity index (χ2n) is 3.51. The van der Waals surface area contributed by atoms with Crippen LogP contribution in [0.4, 0.5) is 5.95 Å². The Kier molecular flexibility index (Phi) is 3.47. The summed E-state index contributed by atoms with van der Waals surface area (Å²) in [4.78, 5) is 14.8. The Labute approximate surface area is 107 Å². The van der Waals surface area contributed by atoms with Gasteiger partial charge in [-0.1, -0.05) is 17.8 Å². The molecule has 0 aliphatic heterocycles. The third-order valence-electron chi connectivity index (χ3n) is 2.24. The van der Waals surface area contributed by atoms with Crippen molar-refractivity contribution < 1.29 is 9.90 Å². The first-order chi connectivity index (χ1) is 8.58. The van der Waals surface area contributed by atoms with Crippen LogP contribution in [0.25, 0.3) is 0 Å². The summed E-state index contributed by atoms with van der Waals surface area (Å²) in [6.07, 6.45) is 0. The van der Waals surface area contributed by atoms with Crippen molar-refractivity contribution in [3.05, 3.63) is 29.6 Å². The molecule has 8 heteroatoms. The van der Waals surface area contributed by atoms with Crippen LogP contribution in [-0.4, -0.2) is 30.8 Å². The van der Waals surface area contributed by atoms with Gasteiger partial charge in [-0.2, -0.15) is 0 Å². The minimum absolute atomic E-state index is 0.0329. The molecule has 0 saturated carbocycles. The lowest BCUT2D eigenvalue weighted by Gasteiger charge is -2.02. The van der Waals surface area contributed by atoms with Crippen molar-refractivity contribution >= 4 is 23.7 Å². The number of carbonyl (C=O) groups is 1. The Bertz CT molecular complexity index is 583. The number of nitrogens with two attached hydrogens (primary N) is 1. The monoisotopic (exact) mass is 265 g/mol. The van der Waals surface area contributed by atoms with Crippen LogP contribution in [0.2, 0.25) is 0 Å². The topological polar surface area (TPSA) is 107 Å². The van der Waals surface area contributed by atoms with Crippen LogP contribution in [0.1, 0.15) is 16.2 Å². The van der Waals surface area contributed by atoms with Gasteiger partial charge in [-0.05, 0) is 12.1 Å². The average Bonchev–Trinajstić information content (AvgIpc) is 2.68. The van der Waals surface area contributed by atoms with Crippen molar-refractivity contribution in [2.45, 2.75) is 10.9 Å². The molecular formula is C10H11N5O2S. The van der Waals surface area contributed by atoms with Gasteiger partial charge in [0, 0.05) is 12.8 Å². The molecule has 0 saturated heterocycles. The summed E-state index contributed by atoms with van der Waals surface area (Å²) in [6, 6.07) is 4.88. The maximum absolute atomic E-state index is 10.8. The SMILES string of the molecule is Cn1c(N)nnc1SCc1cccc(C(=O)O)n1. The maximum atomic E-state index is 10.8. The van der Waals surface area contributed by atoms with Crippen LogP contribution in [-0.2, 0) is 12.8 Å². The molecule has 0 spiro atoms. The molecule has 0 radical (unpaired) electrons. The molecule has 2 heterocycles. The number of anilines is 1. The number of hydrogen-bond acceptors (Lipinski definition) is 6. The van der Waals surface area contributed by atoms with E-state index < -0.39 is 5.97 Å². The third-order valence-corrected chi connectivity index (χ3v) is 3.30. The molecule has 0 bridgehead atoms. The Morgan fingerprint density at radius 2 is 2.28 bits per heavy atom. The number of pyridine rings is 1. The molecule has 3 N–H and O–H groups in total. The number of aromatic carboxylic acids is 1. The second-order valence-corrected chi connectivity index (χ2v) is 4.45. The quantitative estimate of drug-likeness (QED) is 0.786. The Morgan fingerprint density at radius 1 is 1.50 bits per heavy atom. The minimum atomic E-state index is -1.04. The van der Waals surface area contributed by atoms with Crippen molar-refractivity contribution in [2.24, 2.45) is 7.05 Å². The van der Waals surface area contributed by atoms with Gasteiger partial charge < -0.3 is 10.8 Å². The van der Waals surface area contributed by atoms with E-state index in [0.29, 0.717) is 22.6 Å². The predicted molar refractivity (Wildman–Crippen MR) is 66.2 cm³/mol. The Balaban J connectivity index is 2.08. The lowest BCUT2D eigenvalue weighted by Crippen LogP contribution is -2.02. The van der Waals surface area contributed by atoms with E-state index in [9.17, 15) is 4.79 Å². The fraction of sp³-hybridized carbons (Fsp3) is 0.200. The molecule has 2 aromatic heterocycles. The fourth-order valence-electron chi connectivity index (χ4n) is 1.27. The van der Waals surface area contributed by atoms with Gasteiger partial charge in [0.2, 0.25) is 5.95 Å². The summed E-state index contributed by atoms with van der Waals surface area (Å²) >= 11 is 1.40. The number of carboxylic acids is 1. The Hall–Kier alpha value is -2.09. The van der Waals surface area contributed by atoms with Crippen LogP contribution < -0.4 is 5.73 Å². The molecule has 0 amide bonds. The third kappa shape index (κ3) is 2.59. The van der Waals surface area contributed by atoms with E-state index >= 15 is 0 Å². The molecule has 18 heavy (non-hydrogen) atoms. The van der Waals surface area contributed by atoms with Crippen LogP contribution in [0.15, 0.2) is 23.4 Å². The highest BCUT2D eigenvalue weighted by Crippen LogP contribution is 2.20. The number of aromatic nitrogens is 4. The highest BCUT2D eigenvalue weighted by molar-refractivity contribution is 7.98. The van der Waals surface area contributed by atoms with Crippen molar-refractivity contribution in [1.29, 1.82) is 0 Å². The van der Waals surface area contributed by atoms with E-state index in [-0.39, 0.29) is 5.69 Å². The van der Waals surface area contributed by atoms with Gasteiger partial charge in [-0.15, -0.1) is 10.2 Å². The molecule has 2 rings (SSSR count). The first kappa shape index (κ1) is 12.4. The van der Waals surface area contributed by atoms with Gasteiger partial charge in [0.05, 0.1) is 5.69 Å². The molecule has 0 fully saturated rings. The van der Waals surface area contributed by atoms with Crippen LogP contribution in [0.3, 0.4) is 0 Å². The molecule has 0 atom stereocenters. The molecule has 0 aromatic carbocycles. The first-order valence-corrected chi connectivity index (χ1v) is 6.03. The molecule has 0 aliphatic carbocycles. The number of hydrogen-bond donors (Lipinski definition) is 2. The van der Waals surface area contributed by atoms with E-state index in [1.54, 1.807) is 23.7 Å². The van der Waals surface area contributed by atoms with E-state index in [1.165, 1.54) is 17.8 Å². The lowest BCUT2D eigenvalue weighted by atomic mass is 10.3. The van der Waals surface area contributed by atoms with Gasteiger partial charge in [0.1, 0.15) is 5.69 Å².